The van der Waals surface area contributed by atoms with Gasteiger partial charge in [-0.2, -0.15) is 0 Å². The van der Waals surface area contributed by atoms with Crippen molar-refractivity contribution in [1.82, 2.24) is 5.32 Å². The molecule has 0 saturated heterocycles. The van der Waals surface area contributed by atoms with E-state index in [9.17, 15) is 4.79 Å². The molecule has 1 aromatic rings. The van der Waals surface area contributed by atoms with Crippen molar-refractivity contribution in [3.63, 3.8) is 0 Å². The Kier molecular flexibility index (Phi) is 3.92. The van der Waals surface area contributed by atoms with E-state index in [1.54, 1.807) is 6.08 Å². The number of hydrogen-bond acceptors (Lipinski definition) is 1. The Morgan fingerprint density at radius 2 is 2.29 bits per heavy atom. The van der Waals surface area contributed by atoms with Gasteiger partial charge in [0, 0.05) is 6.54 Å². The molecule has 0 spiro atoms. The van der Waals surface area contributed by atoms with E-state index in [0.29, 0.717) is 6.54 Å². The van der Waals surface area contributed by atoms with Crippen LogP contribution in [-0.2, 0) is 11.3 Å². The van der Waals surface area contributed by atoms with Crippen LogP contribution in [0.25, 0.3) is 0 Å². The van der Waals surface area contributed by atoms with Crippen LogP contribution in [0.2, 0.25) is 0 Å². The van der Waals surface area contributed by atoms with Gasteiger partial charge < -0.3 is 5.32 Å². The number of benzene rings is 1. The van der Waals surface area contributed by atoms with E-state index in [1.165, 1.54) is 11.6 Å². The number of carbonyl (C=O) groups excluding carboxylic acids is 1. The zero-order valence-corrected chi connectivity index (χ0v) is 8.58. The van der Waals surface area contributed by atoms with Crippen LogP contribution in [0, 0.1) is 6.92 Å². The smallest absolute Gasteiger partial charge is 0.243 e. The average Bonchev–Trinajstić information content (AvgIpc) is 2.15. The number of allylic oxidation sites excluding steroid dienone is 1. The summed E-state index contributed by atoms with van der Waals surface area (Å²) in [6.07, 6.45) is 3.25. The van der Waals surface area contributed by atoms with Crippen molar-refractivity contribution < 1.29 is 4.79 Å². The molecular formula is C12H15NO. The summed E-state index contributed by atoms with van der Waals surface area (Å²) >= 11 is 0. The van der Waals surface area contributed by atoms with E-state index in [0.717, 1.165) is 5.56 Å². The molecule has 1 N–H and O–H groups in total. The molecule has 0 bridgehead atoms. The number of hydrogen-bond donors (Lipinski definition) is 1. The number of carbonyl (C=O) groups is 1. The number of rotatable bonds is 3. The predicted molar refractivity (Wildman–Crippen MR) is 57.8 cm³/mol. The summed E-state index contributed by atoms with van der Waals surface area (Å²) in [5.74, 6) is -0.0472. The van der Waals surface area contributed by atoms with Crippen molar-refractivity contribution in [3.05, 3.63) is 47.5 Å². The van der Waals surface area contributed by atoms with Gasteiger partial charge in [-0.3, -0.25) is 4.79 Å². The molecule has 74 valence electrons. The Bertz CT molecular complexity index is 342. The molecule has 0 aliphatic heterocycles. The highest BCUT2D eigenvalue weighted by atomic mass is 16.1. The van der Waals surface area contributed by atoms with Crippen molar-refractivity contribution >= 4 is 5.91 Å². The molecule has 1 aromatic carbocycles. The molecule has 0 fully saturated rings. The Morgan fingerprint density at radius 3 is 2.93 bits per heavy atom. The lowest BCUT2D eigenvalue weighted by Crippen LogP contribution is -2.20. The molecule has 14 heavy (non-hydrogen) atoms. The monoisotopic (exact) mass is 189 g/mol. The standard InChI is InChI=1S/C12H15NO/c1-3-5-12(14)13-9-11-7-4-6-10(2)8-11/h3-8H,9H2,1-2H3,(H,13,14). The fraction of sp³-hybridized carbons (Fsp3) is 0.250. The molecule has 0 unspecified atom stereocenters. The normalized spacial score (nSPS) is 10.4. The second-order valence-electron chi connectivity index (χ2n) is 3.21. The minimum atomic E-state index is -0.0472. The van der Waals surface area contributed by atoms with E-state index in [2.05, 4.69) is 11.4 Å². The molecule has 0 aliphatic carbocycles. The van der Waals surface area contributed by atoms with Crippen molar-refractivity contribution in [2.24, 2.45) is 0 Å². The lowest BCUT2D eigenvalue weighted by atomic mass is 10.1. The van der Waals surface area contributed by atoms with Crippen molar-refractivity contribution in [1.29, 1.82) is 0 Å². The molecule has 2 nitrogen and oxygen atoms in total. The first-order chi connectivity index (χ1) is 6.72. The van der Waals surface area contributed by atoms with Gasteiger partial charge in [-0.05, 0) is 25.5 Å². The molecule has 0 saturated carbocycles. The summed E-state index contributed by atoms with van der Waals surface area (Å²) in [6, 6.07) is 8.10. The zero-order valence-electron chi connectivity index (χ0n) is 8.58. The van der Waals surface area contributed by atoms with Crippen LogP contribution in [0.4, 0.5) is 0 Å². The Balaban J connectivity index is 2.49. The summed E-state index contributed by atoms with van der Waals surface area (Å²) in [4.78, 5) is 11.1. The molecule has 0 aromatic heterocycles. The highest BCUT2D eigenvalue weighted by Gasteiger charge is 1.95. The van der Waals surface area contributed by atoms with Crippen LogP contribution in [0.5, 0.6) is 0 Å². The van der Waals surface area contributed by atoms with Crippen LogP contribution < -0.4 is 5.32 Å². The molecule has 0 aliphatic rings. The maximum Gasteiger partial charge on any atom is 0.243 e. The second-order valence-corrected chi connectivity index (χ2v) is 3.21. The summed E-state index contributed by atoms with van der Waals surface area (Å²) in [5.41, 5.74) is 2.34. The van der Waals surface area contributed by atoms with Gasteiger partial charge in [-0.15, -0.1) is 0 Å². The van der Waals surface area contributed by atoms with Crippen LogP contribution in [-0.4, -0.2) is 5.91 Å². The Morgan fingerprint density at radius 1 is 1.50 bits per heavy atom. The third kappa shape index (κ3) is 3.44. The highest BCUT2D eigenvalue weighted by molar-refractivity contribution is 5.87. The van der Waals surface area contributed by atoms with Crippen molar-refractivity contribution in [2.45, 2.75) is 20.4 Å². The van der Waals surface area contributed by atoms with E-state index in [1.807, 2.05) is 32.0 Å². The lowest BCUT2D eigenvalue weighted by molar-refractivity contribution is -0.116. The summed E-state index contributed by atoms with van der Waals surface area (Å²) in [7, 11) is 0. The SMILES string of the molecule is CC=CC(=O)NCc1cccc(C)c1. The minimum absolute atomic E-state index is 0.0472. The number of nitrogens with one attached hydrogen (secondary N) is 1. The minimum Gasteiger partial charge on any atom is -0.348 e. The van der Waals surface area contributed by atoms with E-state index < -0.39 is 0 Å². The number of amides is 1. The fourth-order valence-corrected chi connectivity index (χ4v) is 1.22. The first-order valence-corrected chi connectivity index (χ1v) is 4.68. The van der Waals surface area contributed by atoms with E-state index in [4.69, 9.17) is 0 Å². The summed E-state index contributed by atoms with van der Waals surface area (Å²) < 4.78 is 0. The Hall–Kier alpha value is -1.57. The van der Waals surface area contributed by atoms with Gasteiger partial charge in [-0.25, -0.2) is 0 Å². The van der Waals surface area contributed by atoms with Crippen LogP contribution in [0.1, 0.15) is 18.1 Å². The largest absolute Gasteiger partial charge is 0.348 e. The van der Waals surface area contributed by atoms with Crippen LogP contribution >= 0.6 is 0 Å². The van der Waals surface area contributed by atoms with Crippen molar-refractivity contribution in [3.8, 4) is 0 Å². The van der Waals surface area contributed by atoms with E-state index >= 15 is 0 Å². The average molecular weight is 189 g/mol. The first kappa shape index (κ1) is 10.5. The van der Waals surface area contributed by atoms with Gasteiger partial charge in [0.2, 0.25) is 5.91 Å². The topological polar surface area (TPSA) is 29.1 Å². The summed E-state index contributed by atoms with van der Waals surface area (Å²) in [5, 5.41) is 2.80. The lowest BCUT2D eigenvalue weighted by Gasteiger charge is -2.03. The van der Waals surface area contributed by atoms with Crippen molar-refractivity contribution in [2.75, 3.05) is 0 Å². The van der Waals surface area contributed by atoms with Gasteiger partial charge in [0.1, 0.15) is 0 Å². The number of aryl methyl sites for hydroxylation is 1. The van der Waals surface area contributed by atoms with Crippen LogP contribution in [0.3, 0.4) is 0 Å². The molecule has 0 atom stereocenters. The quantitative estimate of drug-likeness (QED) is 0.725. The van der Waals surface area contributed by atoms with Gasteiger partial charge >= 0.3 is 0 Å². The van der Waals surface area contributed by atoms with Gasteiger partial charge in [0.25, 0.3) is 0 Å². The second kappa shape index (κ2) is 5.22. The molecule has 1 amide bonds. The van der Waals surface area contributed by atoms with Gasteiger partial charge in [0.05, 0.1) is 0 Å². The molecular weight excluding hydrogens is 174 g/mol. The maximum absolute atomic E-state index is 11.1. The molecule has 0 radical (unpaired) electrons. The zero-order chi connectivity index (χ0) is 10.4. The maximum atomic E-state index is 11.1. The van der Waals surface area contributed by atoms with Gasteiger partial charge in [0.15, 0.2) is 0 Å². The van der Waals surface area contributed by atoms with Gasteiger partial charge in [-0.1, -0.05) is 35.9 Å². The molecule has 0 heterocycles. The molecule has 2 heteroatoms. The summed E-state index contributed by atoms with van der Waals surface area (Å²) in [6.45, 7) is 4.45. The first-order valence-electron chi connectivity index (χ1n) is 4.68. The van der Waals surface area contributed by atoms with Crippen LogP contribution in [0.15, 0.2) is 36.4 Å². The highest BCUT2D eigenvalue weighted by Crippen LogP contribution is 2.02. The third-order valence-electron chi connectivity index (χ3n) is 1.87. The predicted octanol–water partition coefficient (Wildman–Crippen LogP) is 2.19. The Labute approximate surface area is 84.6 Å². The third-order valence-corrected chi connectivity index (χ3v) is 1.87. The van der Waals surface area contributed by atoms with E-state index in [-0.39, 0.29) is 5.91 Å². The molecule has 1 rings (SSSR count). The fourth-order valence-electron chi connectivity index (χ4n) is 1.22.